The number of nitrogens with two attached hydrogens (primary N) is 1. The minimum absolute atomic E-state index is 0.163. The monoisotopic (exact) mass is 366 g/mol. The first-order valence-electron chi connectivity index (χ1n) is 8.49. The Morgan fingerprint density at radius 2 is 2.11 bits per heavy atom. The summed E-state index contributed by atoms with van der Waals surface area (Å²) in [6, 6.07) is 5.77. The van der Waals surface area contributed by atoms with Crippen molar-refractivity contribution < 1.29 is 14.6 Å². The Kier molecular flexibility index (Phi) is 5.31. The van der Waals surface area contributed by atoms with Crippen molar-refractivity contribution in [3.63, 3.8) is 0 Å². The highest BCUT2D eigenvalue weighted by Crippen LogP contribution is 2.34. The van der Waals surface area contributed by atoms with Crippen molar-refractivity contribution in [2.24, 2.45) is 0 Å². The van der Waals surface area contributed by atoms with Gasteiger partial charge in [0.25, 0.3) is 0 Å². The molecule has 0 aliphatic rings. The molecule has 4 N–H and O–H groups in total. The molecule has 3 aromatic rings. The van der Waals surface area contributed by atoms with Crippen LogP contribution >= 0.6 is 0 Å². The molecule has 0 atom stereocenters. The third kappa shape index (κ3) is 4.56. The van der Waals surface area contributed by atoms with E-state index in [9.17, 15) is 5.11 Å². The lowest BCUT2D eigenvalue weighted by Gasteiger charge is -2.10. The fourth-order valence-corrected chi connectivity index (χ4v) is 2.54. The number of aliphatic hydroxyl groups is 1. The second kappa shape index (κ2) is 7.66. The van der Waals surface area contributed by atoms with E-state index in [1.165, 1.54) is 0 Å². The van der Waals surface area contributed by atoms with Crippen LogP contribution in [-0.4, -0.2) is 46.0 Å². The first kappa shape index (κ1) is 18.7. The van der Waals surface area contributed by atoms with Gasteiger partial charge in [0.05, 0.1) is 12.8 Å². The summed E-state index contributed by atoms with van der Waals surface area (Å²) in [6.07, 6.45) is 3.41. The van der Waals surface area contributed by atoms with Crippen LogP contribution < -0.4 is 10.5 Å². The van der Waals surface area contributed by atoms with Crippen LogP contribution in [0.4, 0.5) is 5.95 Å². The van der Waals surface area contributed by atoms with Crippen LogP contribution in [0.1, 0.15) is 19.4 Å². The first-order valence-corrected chi connectivity index (χ1v) is 8.49. The third-order valence-electron chi connectivity index (χ3n) is 3.77. The molecule has 0 radical (unpaired) electrons. The Bertz CT molecular complexity index is 1010. The smallest absolute Gasteiger partial charge is 0.220 e. The van der Waals surface area contributed by atoms with Crippen LogP contribution in [0.5, 0.6) is 5.75 Å². The number of ether oxygens (including phenoxy) is 2. The van der Waals surface area contributed by atoms with Crippen LogP contribution in [0.15, 0.2) is 30.6 Å². The van der Waals surface area contributed by atoms with Gasteiger partial charge in [-0.3, -0.25) is 0 Å². The van der Waals surface area contributed by atoms with Crippen LogP contribution in [0, 0.1) is 11.8 Å². The highest BCUT2D eigenvalue weighted by Gasteiger charge is 2.15. The van der Waals surface area contributed by atoms with E-state index in [0.717, 1.165) is 22.0 Å². The molecule has 27 heavy (non-hydrogen) atoms. The second-order valence-corrected chi connectivity index (χ2v) is 6.55. The van der Waals surface area contributed by atoms with Gasteiger partial charge in [-0.1, -0.05) is 11.8 Å². The molecule has 7 heteroatoms. The summed E-state index contributed by atoms with van der Waals surface area (Å²) in [5.74, 6) is 6.50. The van der Waals surface area contributed by atoms with Gasteiger partial charge in [-0.2, -0.15) is 0 Å². The van der Waals surface area contributed by atoms with Crippen LogP contribution in [-0.2, 0) is 4.74 Å². The van der Waals surface area contributed by atoms with E-state index in [4.69, 9.17) is 15.2 Å². The van der Waals surface area contributed by atoms with Gasteiger partial charge in [0.15, 0.2) is 5.75 Å². The highest BCUT2D eigenvalue weighted by atomic mass is 16.5. The van der Waals surface area contributed by atoms with Crippen molar-refractivity contribution in [3.8, 4) is 28.8 Å². The molecule has 0 spiro atoms. The SMILES string of the molecule is COCCOc1cnc(N)nc1-c1c[nH]c2ccc(C#CC(C)(C)O)cc12. The van der Waals surface area contributed by atoms with E-state index in [2.05, 4.69) is 26.8 Å². The van der Waals surface area contributed by atoms with Crippen LogP contribution in [0.2, 0.25) is 0 Å². The molecule has 0 aliphatic carbocycles. The van der Waals surface area contributed by atoms with Gasteiger partial charge in [-0.15, -0.1) is 0 Å². The zero-order valence-electron chi connectivity index (χ0n) is 15.5. The van der Waals surface area contributed by atoms with Gasteiger partial charge in [0, 0.05) is 35.3 Å². The summed E-state index contributed by atoms with van der Waals surface area (Å²) >= 11 is 0. The van der Waals surface area contributed by atoms with Crippen LogP contribution in [0.25, 0.3) is 22.2 Å². The molecule has 0 fully saturated rings. The van der Waals surface area contributed by atoms with E-state index in [1.54, 1.807) is 27.2 Å². The van der Waals surface area contributed by atoms with Gasteiger partial charge < -0.3 is 25.3 Å². The maximum Gasteiger partial charge on any atom is 0.220 e. The number of nitrogens with zero attached hydrogens (tertiary/aromatic N) is 2. The molecule has 7 nitrogen and oxygen atoms in total. The number of hydrogen-bond acceptors (Lipinski definition) is 6. The summed E-state index contributed by atoms with van der Waals surface area (Å²) in [6.45, 7) is 4.12. The predicted molar refractivity (Wildman–Crippen MR) is 104 cm³/mol. The molecule has 3 rings (SSSR count). The number of fused-ring (bicyclic) bond motifs is 1. The number of hydrogen-bond donors (Lipinski definition) is 3. The van der Waals surface area contributed by atoms with Gasteiger partial charge in [-0.05, 0) is 32.0 Å². The second-order valence-electron chi connectivity index (χ2n) is 6.55. The molecule has 0 amide bonds. The molecule has 2 heterocycles. The number of rotatable bonds is 5. The zero-order valence-corrected chi connectivity index (χ0v) is 15.5. The molecule has 0 bridgehead atoms. The van der Waals surface area contributed by atoms with Crippen molar-refractivity contribution in [2.75, 3.05) is 26.1 Å². The van der Waals surface area contributed by atoms with Crippen molar-refractivity contribution in [2.45, 2.75) is 19.4 Å². The Balaban J connectivity index is 2.06. The van der Waals surface area contributed by atoms with Crippen molar-refractivity contribution in [3.05, 3.63) is 36.2 Å². The zero-order chi connectivity index (χ0) is 19.4. The molecule has 0 saturated heterocycles. The summed E-state index contributed by atoms with van der Waals surface area (Å²) < 4.78 is 10.8. The number of anilines is 1. The number of methoxy groups -OCH3 is 1. The average Bonchev–Trinajstić information content (AvgIpc) is 3.04. The standard InChI is InChI=1S/C20H22N4O3/c1-20(2,25)7-6-13-4-5-16-14(10-13)15(11-22-16)18-17(27-9-8-26-3)12-23-19(21)24-18/h4-5,10-12,22,25H,8-9H2,1-3H3,(H2,21,23,24). The molecular formula is C20H22N4O3. The lowest BCUT2D eigenvalue weighted by atomic mass is 10.1. The highest BCUT2D eigenvalue weighted by molar-refractivity contribution is 5.96. The maximum atomic E-state index is 9.82. The number of aromatic nitrogens is 3. The average molecular weight is 366 g/mol. The summed E-state index contributed by atoms with van der Waals surface area (Å²) in [7, 11) is 1.61. The Morgan fingerprint density at radius 1 is 1.30 bits per heavy atom. The fourth-order valence-electron chi connectivity index (χ4n) is 2.54. The fraction of sp³-hybridized carbons (Fsp3) is 0.300. The van der Waals surface area contributed by atoms with E-state index in [0.29, 0.717) is 24.7 Å². The van der Waals surface area contributed by atoms with E-state index in [1.807, 2.05) is 24.4 Å². The van der Waals surface area contributed by atoms with Gasteiger partial charge in [0.1, 0.15) is 17.9 Å². The van der Waals surface area contributed by atoms with Gasteiger partial charge in [-0.25, -0.2) is 9.97 Å². The largest absolute Gasteiger partial charge is 0.487 e. The molecule has 0 unspecified atom stereocenters. The van der Waals surface area contributed by atoms with Gasteiger partial charge in [0.2, 0.25) is 5.95 Å². The molecule has 2 aromatic heterocycles. The number of H-pyrrole nitrogens is 1. The Hall–Kier alpha value is -3.08. The van der Waals surface area contributed by atoms with Gasteiger partial charge >= 0.3 is 0 Å². The van der Waals surface area contributed by atoms with E-state index >= 15 is 0 Å². The lowest BCUT2D eigenvalue weighted by molar-refractivity contribution is 0.143. The Labute approximate surface area is 157 Å². The number of nitrogens with one attached hydrogen (secondary N) is 1. The minimum atomic E-state index is -1.06. The predicted octanol–water partition coefficient (Wildman–Crippen LogP) is 2.35. The van der Waals surface area contributed by atoms with Crippen molar-refractivity contribution >= 4 is 16.9 Å². The topological polar surface area (TPSA) is 106 Å². The molecular weight excluding hydrogens is 344 g/mol. The van der Waals surface area contributed by atoms with E-state index in [-0.39, 0.29) is 5.95 Å². The maximum absolute atomic E-state index is 9.82. The van der Waals surface area contributed by atoms with E-state index < -0.39 is 5.60 Å². The quantitative estimate of drug-likeness (QED) is 0.473. The normalized spacial score (nSPS) is 11.3. The van der Waals surface area contributed by atoms with Crippen LogP contribution in [0.3, 0.4) is 0 Å². The molecule has 0 saturated carbocycles. The molecule has 1 aromatic carbocycles. The molecule has 0 aliphatic heterocycles. The number of aromatic amines is 1. The minimum Gasteiger partial charge on any atom is -0.487 e. The first-order chi connectivity index (χ1) is 12.9. The molecule has 140 valence electrons. The number of benzene rings is 1. The third-order valence-corrected chi connectivity index (χ3v) is 3.77. The summed E-state index contributed by atoms with van der Waals surface area (Å²) in [4.78, 5) is 11.6. The lowest BCUT2D eigenvalue weighted by Crippen LogP contribution is -2.14. The number of nitrogen functional groups attached to an aromatic ring is 1. The van der Waals surface area contributed by atoms with Crippen molar-refractivity contribution in [1.29, 1.82) is 0 Å². The van der Waals surface area contributed by atoms with Crippen molar-refractivity contribution in [1.82, 2.24) is 15.0 Å². The summed E-state index contributed by atoms with van der Waals surface area (Å²) in [5, 5.41) is 10.7. The summed E-state index contributed by atoms with van der Waals surface area (Å²) in [5.41, 5.74) is 7.88. The Morgan fingerprint density at radius 3 is 2.85 bits per heavy atom.